The lowest BCUT2D eigenvalue weighted by Gasteiger charge is -2.38. The highest BCUT2D eigenvalue weighted by Crippen LogP contribution is 2.53. The van der Waals surface area contributed by atoms with Crippen molar-refractivity contribution in [3.05, 3.63) is 69.6 Å². The molecule has 3 fully saturated rings. The molecule has 3 aromatic rings. The van der Waals surface area contributed by atoms with Crippen molar-refractivity contribution in [2.75, 3.05) is 101 Å². The topological polar surface area (TPSA) is 292 Å². The molecule has 25 heteroatoms. The number of rotatable bonds is 26. The average Bonchev–Trinajstić information content (AvgIpc) is 4.03. The van der Waals surface area contributed by atoms with Crippen LogP contribution in [-0.2, 0) is 43.4 Å². The summed E-state index contributed by atoms with van der Waals surface area (Å²) in [6, 6.07) is 7.76. The second-order valence-corrected chi connectivity index (χ2v) is 19.6. The molecule has 2 saturated heterocycles. The van der Waals surface area contributed by atoms with Gasteiger partial charge in [0.05, 0.1) is 85.5 Å². The van der Waals surface area contributed by atoms with Crippen LogP contribution in [0.25, 0.3) is 0 Å². The number of sulfonamides is 1. The van der Waals surface area contributed by atoms with Crippen LogP contribution in [0.4, 0.5) is 27.5 Å². The second-order valence-electron chi connectivity index (χ2n) is 16.7. The van der Waals surface area contributed by atoms with Crippen molar-refractivity contribution in [3.63, 3.8) is 0 Å². The van der Waals surface area contributed by atoms with E-state index in [1.165, 1.54) is 28.7 Å². The Kier molecular flexibility index (Phi) is 17.3. The number of nitrogens with two attached hydrogens (primary N) is 1. The minimum absolute atomic E-state index is 0.0397. The van der Waals surface area contributed by atoms with Crippen LogP contribution in [0.5, 0.6) is 0 Å². The number of fused-ring (bicyclic) bond motifs is 1. The summed E-state index contributed by atoms with van der Waals surface area (Å²) in [7, 11) is -3.67. The summed E-state index contributed by atoms with van der Waals surface area (Å²) in [5.41, 5.74) is 5.73. The van der Waals surface area contributed by atoms with Crippen molar-refractivity contribution in [1.29, 1.82) is 0 Å². The Morgan fingerprint density at radius 1 is 0.899 bits per heavy atom. The van der Waals surface area contributed by atoms with E-state index in [0.717, 1.165) is 23.8 Å². The number of anilines is 4. The highest BCUT2D eigenvalue weighted by molar-refractivity contribution is 9.10. The molecule has 22 nitrogen and oxygen atoms in total. The van der Waals surface area contributed by atoms with Crippen molar-refractivity contribution < 1.29 is 60.5 Å². The zero-order valence-corrected chi connectivity index (χ0v) is 40.0. The number of nitrogens with zero attached hydrogens (tertiary/aromatic N) is 4. The van der Waals surface area contributed by atoms with Crippen molar-refractivity contribution in [1.82, 2.24) is 29.8 Å². The van der Waals surface area contributed by atoms with E-state index in [4.69, 9.17) is 24.7 Å². The van der Waals surface area contributed by atoms with Crippen molar-refractivity contribution >= 4 is 84.5 Å². The van der Waals surface area contributed by atoms with Gasteiger partial charge in [0.25, 0.3) is 17.7 Å². The first-order valence-corrected chi connectivity index (χ1v) is 24.9. The molecule has 1 aliphatic carbocycles. The molecule has 7 rings (SSSR count). The lowest BCUT2D eigenvalue weighted by Crippen LogP contribution is -2.54. The van der Waals surface area contributed by atoms with Crippen LogP contribution in [0.2, 0.25) is 0 Å². The van der Waals surface area contributed by atoms with Crippen molar-refractivity contribution in [2.24, 2.45) is 11.1 Å². The number of hydrogen-bond acceptors (Lipinski definition) is 17. The molecular formula is C44H54BrFN10O12S. The summed E-state index contributed by atoms with van der Waals surface area (Å²) < 4.78 is 65.0. The highest BCUT2D eigenvalue weighted by atomic mass is 79.9. The van der Waals surface area contributed by atoms with Gasteiger partial charge in [-0.15, -0.1) is 0 Å². The van der Waals surface area contributed by atoms with Gasteiger partial charge in [-0.05, 0) is 65.9 Å². The molecule has 1 saturated carbocycles. The Hall–Kier alpha value is -5.70. The Morgan fingerprint density at radius 3 is 2.28 bits per heavy atom. The first-order valence-electron chi connectivity index (χ1n) is 22.5. The van der Waals surface area contributed by atoms with Gasteiger partial charge in [0.1, 0.15) is 17.7 Å². The fourth-order valence-corrected chi connectivity index (χ4v) is 10.1. The number of imide groups is 2. The Balaban J connectivity index is 0.696. The van der Waals surface area contributed by atoms with Crippen LogP contribution in [0.1, 0.15) is 69.6 Å². The van der Waals surface area contributed by atoms with Crippen molar-refractivity contribution in [2.45, 2.75) is 50.6 Å². The van der Waals surface area contributed by atoms with Crippen molar-refractivity contribution in [3.8, 4) is 0 Å². The molecule has 4 heterocycles. The number of nitrogens with one attached hydrogen (secondary N) is 5. The van der Waals surface area contributed by atoms with Gasteiger partial charge in [0, 0.05) is 62.4 Å². The van der Waals surface area contributed by atoms with Crippen LogP contribution in [0.15, 0.2) is 47.1 Å². The Morgan fingerprint density at radius 2 is 1.58 bits per heavy atom. The van der Waals surface area contributed by atoms with E-state index in [1.54, 1.807) is 12.1 Å². The second kappa shape index (κ2) is 23.3. The minimum Gasteiger partial charge on any atom is -0.382 e. The fraction of sp³-hybridized carbons (Fsp3) is 0.500. The predicted molar refractivity (Wildman–Crippen MR) is 249 cm³/mol. The fourth-order valence-electron chi connectivity index (χ4n) is 8.32. The number of carbonyl (C=O) groups is 6. The molecular weight excluding hydrogens is 992 g/mol. The Labute approximate surface area is 405 Å². The van der Waals surface area contributed by atoms with E-state index in [1.807, 2.05) is 0 Å². The van der Waals surface area contributed by atoms with Gasteiger partial charge in [-0.25, -0.2) is 22.1 Å². The normalized spacial score (nSPS) is 18.8. The van der Waals surface area contributed by atoms with Gasteiger partial charge in [-0.2, -0.15) is 4.98 Å². The number of piperidine rings is 2. The summed E-state index contributed by atoms with van der Waals surface area (Å²) in [5, 5.41) is 14.3. The molecule has 372 valence electrons. The molecule has 1 spiro atoms. The monoisotopic (exact) mass is 1040 g/mol. The summed E-state index contributed by atoms with van der Waals surface area (Å²) in [6.45, 7) is 3.09. The van der Waals surface area contributed by atoms with Gasteiger partial charge in [0.15, 0.2) is 0 Å². The molecule has 69 heavy (non-hydrogen) atoms. The smallest absolute Gasteiger partial charge is 0.264 e. The number of aromatic nitrogens is 2. The first-order chi connectivity index (χ1) is 33.2. The zero-order chi connectivity index (χ0) is 49.1. The van der Waals surface area contributed by atoms with Crippen LogP contribution < -0.4 is 32.3 Å². The standard InChI is InChI=1S/C44H54BrFN10O12S/c45-28-25-50-43(54-39(28)51-31-6-2-4-29(46)37(31)38(47)59)52-33-9-15-55(26-44(33)11-12-44)69(63,64)24-14-49-34(57)10-16-65-18-20-67-22-23-68-21-19-66-17-13-48-30-5-1-3-27-36(30)42(62)56(41(27)61)32-7-8-35(58)53-40(32)60/h1-6,25,32-33,48H,7-24,26H2,(H2,47,59)(H,49,57)(H,53,58,60)(H2,50,51,52,54). The van der Waals surface area contributed by atoms with E-state index < -0.39 is 51.4 Å². The minimum atomic E-state index is -3.67. The highest BCUT2D eigenvalue weighted by Gasteiger charge is 2.54. The average molecular weight is 1050 g/mol. The van der Waals surface area contributed by atoms with Crippen LogP contribution in [0, 0.1) is 11.2 Å². The Bertz CT molecular complexity index is 2540. The largest absolute Gasteiger partial charge is 0.382 e. The number of benzene rings is 2. The first kappa shape index (κ1) is 51.2. The number of ether oxygens (including phenoxy) is 4. The van der Waals surface area contributed by atoms with Crippen LogP contribution in [0.3, 0.4) is 0 Å². The maximum Gasteiger partial charge on any atom is 0.264 e. The van der Waals surface area contributed by atoms with Gasteiger partial charge >= 0.3 is 0 Å². The van der Waals surface area contributed by atoms with E-state index in [-0.39, 0.29) is 116 Å². The molecule has 0 bridgehead atoms. The van der Waals surface area contributed by atoms with E-state index in [9.17, 15) is 41.6 Å². The lowest BCUT2D eigenvalue weighted by molar-refractivity contribution is -0.136. The molecule has 4 aliphatic rings. The summed E-state index contributed by atoms with van der Waals surface area (Å²) in [5.74, 6) is -4.01. The summed E-state index contributed by atoms with van der Waals surface area (Å²) >= 11 is 3.38. The predicted octanol–water partition coefficient (Wildman–Crippen LogP) is 1.90. The van der Waals surface area contributed by atoms with Gasteiger partial charge in [-0.1, -0.05) is 12.1 Å². The van der Waals surface area contributed by atoms with E-state index in [0.29, 0.717) is 56.1 Å². The lowest BCUT2D eigenvalue weighted by atomic mass is 9.90. The molecule has 6 amide bonds. The molecule has 2 aromatic carbocycles. The number of amides is 6. The maximum atomic E-state index is 14.3. The summed E-state index contributed by atoms with van der Waals surface area (Å²) in [4.78, 5) is 84.2. The van der Waals surface area contributed by atoms with Crippen LogP contribution in [-0.4, -0.2) is 160 Å². The molecule has 3 aliphatic heterocycles. The number of carbonyl (C=O) groups excluding carboxylic acids is 6. The van der Waals surface area contributed by atoms with Gasteiger partial charge in [-0.3, -0.25) is 39.0 Å². The summed E-state index contributed by atoms with van der Waals surface area (Å²) in [6.07, 6.45) is 3.80. The molecule has 1 aromatic heterocycles. The number of halogens is 2. The SMILES string of the molecule is NC(=O)c1c(F)cccc1Nc1nc(NC2CCN(S(=O)(=O)CCNC(=O)CCOCCOCCOCCOCCNc3cccc4c3C(=O)N(C3CCC(=O)NC3=O)C4=O)CC23CC3)ncc1Br. The third-order valence-electron chi connectivity index (χ3n) is 12.0. The number of hydrogen-bond donors (Lipinski definition) is 6. The maximum absolute atomic E-state index is 14.3. The molecule has 2 unspecified atom stereocenters. The van der Waals surface area contributed by atoms with Gasteiger partial charge in [0.2, 0.25) is 33.7 Å². The molecule has 2 atom stereocenters. The van der Waals surface area contributed by atoms with Gasteiger partial charge < -0.3 is 45.9 Å². The van der Waals surface area contributed by atoms with E-state index in [2.05, 4.69) is 52.5 Å². The number of primary amides is 1. The third-order valence-corrected chi connectivity index (χ3v) is 14.4. The third kappa shape index (κ3) is 12.9. The molecule has 0 radical (unpaired) electrons. The van der Waals surface area contributed by atoms with E-state index >= 15 is 0 Å². The quantitative estimate of drug-likeness (QED) is 0.0494. The molecule has 7 N–H and O–H groups in total. The zero-order valence-electron chi connectivity index (χ0n) is 37.6. The van der Waals surface area contributed by atoms with Crippen LogP contribution >= 0.6 is 15.9 Å².